The van der Waals surface area contributed by atoms with Gasteiger partial charge in [0.05, 0.1) is 5.02 Å². The molecule has 0 saturated heterocycles. The fourth-order valence-corrected chi connectivity index (χ4v) is 2.03. The predicted octanol–water partition coefficient (Wildman–Crippen LogP) is 4.36. The molecule has 0 saturated carbocycles. The predicted molar refractivity (Wildman–Crippen MR) is 81.6 cm³/mol. The van der Waals surface area contributed by atoms with E-state index >= 15 is 0 Å². The Labute approximate surface area is 130 Å². The van der Waals surface area contributed by atoms with Crippen molar-refractivity contribution in [3.63, 3.8) is 0 Å². The molecule has 18 heavy (non-hydrogen) atoms. The monoisotopic (exact) mass is 402 g/mol. The standard InChI is InChI=1S/C11H13Cl2IN2O2/c1-11(2,3)18-10(17)16(4)7-5-6(14)8(12)9(13)15-7/h5H,1-4H3. The van der Waals surface area contributed by atoms with Crippen LogP contribution in [0.2, 0.25) is 10.2 Å². The van der Waals surface area contributed by atoms with E-state index in [9.17, 15) is 4.79 Å². The summed E-state index contributed by atoms with van der Waals surface area (Å²) in [7, 11) is 1.57. The molecule has 1 rings (SSSR count). The second-order valence-corrected chi connectivity index (χ2v) is 6.50. The van der Waals surface area contributed by atoms with Crippen molar-refractivity contribution in [1.82, 2.24) is 4.98 Å². The first kappa shape index (κ1) is 15.8. The van der Waals surface area contributed by atoms with E-state index in [-0.39, 0.29) is 5.15 Å². The number of halogens is 3. The fraction of sp³-hybridized carbons (Fsp3) is 0.455. The van der Waals surface area contributed by atoms with Crippen LogP contribution in [-0.4, -0.2) is 23.7 Å². The smallest absolute Gasteiger partial charge is 0.415 e. The largest absolute Gasteiger partial charge is 0.443 e. The highest BCUT2D eigenvalue weighted by Gasteiger charge is 2.22. The summed E-state index contributed by atoms with van der Waals surface area (Å²) in [6.07, 6.45) is -0.496. The molecular formula is C11H13Cl2IN2O2. The maximum atomic E-state index is 11.9. The van der Waals surface area contributed by atoms with E-state index in [1.54, 1.807) is 33.9 Å². The SMILES string of the molecule is CN(C(=O)OC(C)(C)C)c1cc(I)c(Cl)c(Cl)n1. The van der Waals surface area contributed by atoms with Crippen LogP contribution in [0.5, 0.6) is 0 Å². The zero-order chi connectivity index (χ0) is 14.1. The summed E-state index contributed by atoms with van der Waals surface area (Å²) in [5.41, 5.74) is -0.561. The van der Waals surface area contributed by atoms with Gasteiger partial charge in [-0.2, -0.15) is 0 Å². The summed E-state index contributed by atoms with van der Waals surface area (Å²) in [5, 5.41) is 0.535. The molecule has 0 bridgehead atoms. The lowest BCUT2D eigenvalue weighted by Crippen LogP contribution is -2.34. The van der Waals surface area contributed by atoms with Crippen LogP contribution >= 0.6 is 45.8 Å². The van der Waals surface area contributed by atoms with Gasteiger partial charge in [0, 0.05) is 10.6 Å². The minimum Gasteiger partial charge on any atom is -0.443 e. The van der Waals surface area contributed by atoms with E-state index in [1.807, 2.05) is 22.6 Å². The average Bonchev–Trinajstić information content (AvgIpc) is 2.21. The van der Waals surface area contributed by atoms with Gasteiger partial charge in [-0.15, -0.1) is 0 Å². The van der Waals surface area contributed by atoms with Gasteiger partial charge < -0.3 is 4.74 Å². The molecule has 0 aliphatic carbocycles. The second kappa shape index (κ2) is 5.79. The maximum absolute atomic E-state index is 11.9. The van der Waals surface area contributed by atoms with Crippen molar-refractivity contribution in [3.8, 4) is 0 Å². The summed E-state index contributed by atoms with van der Waals surface area (Å²) in [5.74, 6) is 0.392. The van der Waals surface area contributed by atoms with Crippen LogP contribution in [0.25, 0.3) is 0 Å². The number of nitrogens with zero attached hydrogens (tertiary/aromatic N) is 2. The zero-order valence-corrected chi connectivity index (χ0v) is 14.1. The third kappa shape index (κ3) is 4.13. The van der Waals surface area contributed by atoms with Gasteiger partial charge in [-0.05, 0) is 49.4 Å². The Kier molecular flexibility index (Phi) is 5.08. The van der Waals surface area contributed by atoms with Crippen LogP contribution in [-0.2, 0) is 4.74 Å². The molecule has 1 amide bonds. The van der Waals surface area contributed by atoms with Gasteiger partial charge in [-0.1, -0.05) is 23.2 Å². The highest BCUT2D eigenvalue weighted by atomic mass is 127. The van der Waals surface area contributed by atoms with Gasteiger partial charge in [0.15, 0.2) is 5.15 Å². The van der Waals surface area contributed by atoms with E-state index in [2.05, 4.69) is 4.98 Å². The number of aromatic nitrogens is 1. The van der Waals surface area contributed by atoms with Crippen molar-refractivity contribution in [2.75, 3.05) is 11.9 Å². The number of pyridine rings is 1. The number of hydrogen-bond acceptors (Lipinski definition) is 3. The van der Waals surface area contributed by atoms with Gasteiger partial charge in [0.25, 0.3) is 0 Å². The molecule has 0 radical (unpaired) electrons. The van der Waals surface area contributed by atoms with Crippen LogP contribution in [0.1, 0.15) is 20.8 Å². The molecule has 0 unspecified atom stereocenters. The van der Waals surface area contributed by atoms with Gasteiger partial charge in [0.2, 0.25) is 0 Å². The lowest BCUT2D eigenvalue weighted by Gasteiger charge is -2.24. The number of hydrogen-bond donors (Lipinski definition) is 0. The summed E-state index contributed by atoms with van der Waals surface area (Å²) < 4.78 is 5.95. The maximum Gasteiger partial charge on any atom is 0.415 e. The second-order valence-electron chi connectivity index (χ2n) is 4.61. The molecule has 1 aromatic heterocycles. The lowest BCUT2D eigenvalue weighted by atomic mass is 10.2. The van der Waals surface area contributed by atoms with E-state index in [4.69, 9.17) is 27.9 Å². The summed E-state index contributed by atoms with van der Waals surface area (Å²) >= 11 is 13.8. The van der Waals surface area contributed by atoms with Crippen LogP contribution in [0.15, 0.2) is 6.07 Å². The number of carbonyl (C=O) groups excluding carboxylic acids is 1. The molecule has 4 nitrogen and oxygen atoms in total. The van der Waals surface area contributed by atoms with E-state index < -0.39 is 11.7 Å². The Bertz CT molecular complexity index is 452. The molecule has 0 aromatic carbocycles. The van der Waals surface area contributed by atoms with Crippen molar-refractivity contribution < 1.29 is 9.53 Å². The van der Waals surface area contributed by atoms with Crippen LogP contribution in [0, 0.1) is 3.57 Å². The van der Waals surface area contributed by atoms with Gasteiger partial charge >= 0.3 is 6.09 Å². The number of carbonyl (C=O) groups is 1. The minimum atomic E-state index is -0.561. The molecule has 0 N–H and O–H groups in total. The minimum absolute atomic E-state index is 0.161. The Hall–Kier alpha value is -0.270. The Morgan fingerprint density at radius 2 is 2.00 bits per heavy atom. The molecule has 100 valence electrons. The molecule has 1 aromatic rings. The number of ether oxygens (including phenoxy) is 1. The van der Waals surface area contributed by atoms with Crippen molar-refractivity contribution >= 4 is 57.7 Å². The number of rotatable bonds is 1. The van der Waals surface area contributed by atoms with Crippen molar-refractivity contribution in [2.45, 2.75) is 26.4 Å². The first-order valence-electron chi connectivity index (χ1n) is 5.10. The van der Waals surface area contributed by atoms with E-state index in [0.29, 0.717) is 10.8 Å². The molecule has 1 heterocycles. The Morgan fingerprint density at radius 3 is 2.44 bits per heavy atom. The Balaban J connectivity index is 2.97. The number of anilines is 1. The summed E-state index contributed by atoms with van der Waals surface area (Å²) in [6.45, 7) is 5.39. The highest BCUT2D eigenvalue weighted by molar-refractivity contribution is 14.1. The quantitative estimate of drug-likeness (QED) is 0.517. The topological polar surface area (TPSA) is 42.4 Å². The fourth-order valence-electron chi connectivity index (χ4n) is 1.05. The Morgan fingerprint density at radius 1 is 1.44 bits per heavy atom. The van der Waals surface area contributed by atoms with Crippen LogP contribution in [0.4, 0.5) is 10.6 Å². The van der Waals surface area contributed by atoms with E-state index in [0.717, 1.165) is 3.57 Å². The van der Waals surface area contributed by atoms with Crippen molar-refractivity contribution in [2.24, 2.45) is 0 Å². The molecular weight excluding hydrogens is 390 g/mol. The van der Waals surface area contributed by atoms with Crippen molar-refractivity contribution in [3.05, 3.63) is 19.8 Å². The van der Waals surface area contributed by atoms with Gasteiger partial charge in [-0.3, -0.25) is 4.90 Å². The van der Waals surface area contributed by atoms with Gasteiger partial charge in [0.1, 0.15) is 11.4 Å². The van der Waals surface area contributed by atoms with Crippen LogP contribution < -0.4 is 4.90 Å². The molecule has 0 fully saturated rings. The average molecular weight is 403 g/mol. The molecule has 0 aliphatic rings. The van der Waals surface area contributed by atoms with Crippen LogP contribution in [0.3, 0.4) is 0 Å². The lowest BCUT2D eigenvalue weighted by molar-refractivity contribution is 0.0588. The first-order chi connectivity index (χ1) is 8.11. The third-order valence-corrected chi connectivity index (χ3v) is 3.79. The zero-order valence-electron chi connectivity index (χ0n) is 10.4. The van der Waals surface area contributed by atoms with Gasteiger partial charge in [-0.25, -0.2) is 9.78 Å². The molecule has 0 aliphatic heterocycles. The number of amides is 1. The molecule has 7 heteroatoms. The first-order valence-corrected chi connectivity index (χ1v) is 6.93. The normalized spacial score (nSPS) is 11.3. The molecule has 0 atom stereocenters. The van der Waals surface area contributed by atoms with Crippen molar-refractivity contribution in [1.29, 1.82) is 0 Å². The summed E-state index contributed by atoms with van der Waals surface area (Å²) in [4.78, 5) is 17.2. The summed E-state index contributed by atoms with van der Waals surface area (Å²) in [6, 6.07) is 1.67. The third-order valence-electron chi connectivity index (χ3n) is 1.87. The van der Waals surface area contributed by atoms with E-state index in [1.165, 1.54) is 4.90 Å². The molecule has 0 spiro atoms. The highest BCUT2D eigenvalue weighted by Crippen LogP contribution is 2.29.